The van der Waals surface area contributed by atoms with Crippen molar-refractivity contribution in [3.63, 3.8) is 0 Å². The maximum atomic E-state index is 12.1. The number of rotatable bonds is 1. The normalized spacial score (nSPS) is 29.9. The van der Waals surface area contributed by atoms with Gasteiger partial charge in [-0.3, -0.25) is 10.1 Å². The van der Waals surface area contributed by atoms with E-state index in [1.165, 1.54) is 22.0 Å². The quantitative estimate of drug-likeness (QED) is 0.780. The summed E-state index contributed by atoms with van der Waals surface area (Å²) in [6.45, 7) is 1.01. The van der Waals surface area contributed by atoms with Crippen molar-refractivity contribution in [1.29, 1.82) is 0 Å². The molecule has 24 heavy (non-hydrogen) atoms. The molecular weight excluding hydrogens is 304 g/mol. The molecule has 6 nitrogen and oxygen atoms in total. The van der Waals surface area contributed by atoms with Crippen LogP contribution in [0.2, 0.25) is 0 Å². The molecule has 3 amide bonds. The van der Waals surface area contributed by atoms with Crippen molar-refractivity contribution < 1.29 is 9.59 Å². The molecule has 124 valence electrons. The Morgan fingerprint density at radius 1 is 1.25 bits per heavy atom. The number of likely N-dealkylation sites (tertiary alicyclic amines) is 1. The smallest absolute Gasteiger partial charge is 0.324 e. The monoisotopic (exact) mass is 324 g/mol. The first-order valence-electron chi connectivity index (χ1n) is 8.51. The summed E-state index contributed by atoms with van der Waals surface area (Å²) in [6, 6.07) is 6.75. The summed E-state index contributed by atoms with van der Waals surface area (Å²) in [6.07, 6.45) is 4.09. The van der Waals surface area contributed by atoms with Crippen LogP contribution in [0.1, 0.15) is 23.5 Å². The largest absolute Gasteiger partial charge is 0.361 e. The number of carbonyl (C=O) groups is 2. The highest BCUT2D eigenvalue weighted by molar-refractivity contribution is 6.02. The van der Waals surface area contributed by atoms with Gasteiger partial charge in [-0.2, -0.15) is 0 Å². The third kappa shape index (κ3) is 1.86. The zero-order valence-electron chi connectivity index (χ0n) is 13.6. The molecule has 2 N–H and O–H groups in total. The summed E-state index contributed by atoms with van der Waals surface area (Å²) in [5.41, 5.74) is 3.96. The van der Waals surface area contributed by atoms with E-state index in [0.717, 1.165) is 19.4 Å². The Morgan fingerprint density at radius 2 is 2.12 bits per heavy atom. The first-order chi connectivity index (χ1) is 11.6. The number of H-pyrrole nitrogens is 1. The molecule has 1 aliphatic carbocycles. The lowest BCUT2D eigenvalue weighted by molar-refractivity contribution is -0.118. The predicted molar refractivity (Wildman–Crippen MR) is 89.8 cm³/mol. The number of nitrogens with zero attached hydrogens (tertiary/aromatic N) is 2. The van der Waals surface area contributed by atoms with Gasteiger partial charge in [0, 0.05) is 41.6 Å². The van der Waals surface area contributed by atoms with Crippen LogP contribution in [0, 0.1) is 0 Å². The number of urea groups is 1. The Hall–Kier alpha value is -2.34. The van der Waals surface area contributed by atoms with E-state index in [2.05, 4.69) is 46.6 Å². The van der Waals surface area contributed by atoms with Gasteiger partial charge in [0.1, 0.15) is 6.54 Å². The van der Waals surface area contributed by atoms with Gasteiger partial charge in [0.25, 0.3) is 0 Å². The summed E-state index contributed by atoms with van der Waals surface area (Å²) in [4.78, 5) is 31.1. The standard InChI is InChI=1S/C18H20N4O2/c1-21-8-11(22-9-16(23)20-18(22)24)6-13-12-3-2-4-14-17(12)10(7-19-14)5-15(13)21/h2-4,7,11,13,15,19H,5-6,8-9H2,1H3,(H,20,23,24)/t11?,13-,15-/m1/s1. The Labute approximate surface area is 139 Å². The fourth-order valence-corrected chi connectivity index (χ4v) is 4.89. The number of nitrogens with one attached hydrogen (secondary N) is 2. The van der Waals surface area contributed by atoms with Crippen molar-refractivity contribution >= 4 is 22.8 Å². The van der Waals surface area contributed by atoms with Crippen LogP contribution in [0.15, 0.2) is 24.4 Å². The van der Waals surface area contributed by atoms with Crippen LogP contribution in [0.4, 0.5) is 4.79 Å². The summed E-state index contributed by atoms with van der Waals surface area (Å²) >= 11 is 0. The second-order valence-electron chi connectivity index (χ2n) is 7.27. The molecule has 2 aromatic rings. The van der Waals surface area contributed by atoms with E-state index in [0.29, 0.717) is 12.0 Å². The molecule has 6 heteroatoms. The van der Waals surface area contributed by atoms with Gasteiger partial charge in [-0.25, -0.2) is 4.79 Å². The predicted octanol–water partition coefficient (Wildman–Crippen LogP) is 1.43. The summed E-state index contributed by atoms with van der Waals surface area (Å²) in [5, 5.41) is 3.76. The molecule has 3 heterocycles. The van der Waals surface area contributed by atoms with Crippen molar-refractivity contribution in [2.24, 2.45) is 0 Å². The number of fused-ring (bicyclic) bond motifs is 2. The number of hydrogen-bond acceptors (Lipinski definition) is 3. The number of imide groups is 1. The van der Waals surface area contributed by atoms with Crippen molar-refractivity contribution in [3.8, 4) is 0 Å². The number of aromatic amines is 1. The van der Waals surface area contributed by atoms with Gasteiger partial charge in [-0.05, 0) is 37.1 Å². The van der Waals surface area contributed by atoms with Crippen LogP contribution < -0.4 is 5.32 Å². The van der Waals surface area contributed by atoms with E-state index in [1.54, 1.807) is 4.90 Å². The SMILES string of the molecule is CN1CC(N2CC(=O)NC2=O)C[C@@H]2c3cccc4[nH]cc(c34)C[C@H]21. The molecule has 2 aliphatic heterocycles. The van der Waals surface area contributed by atoms with Gasteiger partial charge < -0.3 is 14.8 Å². The minimum atomic E-state index is -0.242. The lowest BCUT2D eigenvalue weighted by Crippen LogP contribution is -2.55. The van der Waals surface area contributed by atoms with E-state index in [4.69, 9.17) is 0 Å². The molecule has 0 bridgehead atoms. The summed E-state index contributed by atoms with van der Waals surface area (Å²) in [7, 11) is 2.14. The molecule has 2 fully saturated rings. The number of benzene rings is 1. The van der Waals surface area contributed by atoms with Gasteiger partial charge in [0.2, 0.25) is 5.91 Å². The number of hydrogen-bond donors (Lipinski definition) is 2. The number of aromatic nitrogens is 1. The van der Waals surface area contributed by atoms with Crippen molar-refractivity contribution in [2.75, 3.05) is 20.1 Å². The molecule has 1 aromatic heterocycles. The fraction of sp³-hybridized carbons (Fsp3) is 0.444. The highest BCUT2D eigenvalue weighted by Gasteiger charge is 2.43. The molecule has 2 saturated heterocycles. The lowest BCUT2D eigenvalue weighted by atomic mass is 9.74. The lowest BCUT2D eigenvalue weighted by Gasteiger charge is -2.47. The molecule has 1 unspecified atom stereocenters. The van der Waals surface area contributed by atoms with Gasteiger partial charge in [0.15, 0.2) is 0 Å². The Bertz CT molecular complexity index is 858. The van der Waals surface area contributed by atoms with Gasteiger partial charge in [0.05, 0.1) is 0 Å². The molecule has 3 aliphatic rings. The average molecular weight is 324 g/mol. The van der Waals surface area contributed by atoms with E-state index < -0.39 is 0 Å². The minimum Gasteiger partial charge on any atom is -0.361 e. The van der Waals surface area contributed by atoms with Crippen molar-refractivity contribution in [3.05, 3.63) is 35.5 Å². The van der Waals surface area contributed by atoms with Crippen LogP contribution in [0.3, 0.4) is 0 Å². The van der Waals surface area contributed by atoms with E-state index >= 15 is 0 Å². The van der Waals surface area contributed by atoms with E-state index in [1.807, 2.05) is 0 Å². The molecule has 0 spiro atoms. The summed E-state index contributed by atoms with van der Waals surface area (Å²) < 4.78 is 0. The highest BCUT2D eigenvalue weighted by atomic mass is 16.2. The third-order valence-electron chi connectivity index (χ3n) is 5.97. The average Bonchev–Trinajstić information content (AvgIpc) is 3.12. The molecule has 5 rings (SSSR count). The second-order valence-corrected chi connectivity index (χ2v) is 7.27. The fourth-order valence-electron chi connectivity index (χ4n) is 4.89. The van der Waals surface area contributed by atoms with Crippen LogP contribution in [0.5, 0.6) is 0 Å². The van der Waals surface area contributed by atoms with Gasteiger partial charge >= 0.3 is 6.03 Å². The van der Waals surface area contributed by atoms with E-state index in [-0.39, 0.29) is 24.5 Å². The highest BCUT2D eigenvalue weighted by Crippen LogP contribution is 2.43. The van der Waals surface area contributed by atoms with Crippen molar-refractivity contribution in [1.82, 2.24) is 20.1 Å². The van der Waals surface area contributed by atoms with Crippen LogP contribution in [0.25, 0.3) is 10.9 Å². The number of carbonyl (C=O) groups excluding carboxylic acids is 2. The Morgan fingerprint density at radius 3 is 2.92 bits per heavy atom. The Balaban J connectivity index is 1.54. The minimum absolute atomic E-state index is 0.0819. The van der Waals surface area contributed by atoms with Crippen LogP contribution in [-0.4, -0.2) is 58.9 Å². The van der Waals surface area contributed by atoms with Crippen molar-refractivity contribution in [2.45, 2.75) is 30.8 Å². The van der Waals surface area contributed by atoms with Gasteiger partial charge in [-0.1, -0.05) is 12.1 Å². The topological polar surface area (TPSA) is 68.4 Å². The number of amides is 3. The number of likely N-dealkylation sites (N-methyl/N-ethyl adjacent to an activating group) is 1. The zero-order valence-corrected chi connectivity index (χ0v) is 13.6. The molecule has 3 atom stereocenters. The molecular formula is C18H20N4O2. The second kappa shape index (κ2) is 4.83. The third-order valence-corrected chi connectivity index (χ3v) is 5.97. The molecule has 0 saturated carbocycles. The van der Waals surface area contributed by atoms with Gasteiger partial charge in [-0.15, -0.1) is 0 Å². The summed E-state index contributed by atoms with van der Waals surface area (Å²) in [5.74, 6) is 0.202. The first-order valence-corrected chi connectivity index (χ1v) is 8.51. The zero-order chi connectivity index (χ0) is 16.4. The first kappa shape index (κ1) is 14.0. The van der Waals surface area contributed by atoms with Crippen LogP contribution in [-0.2, 0) is 11.2 Å². The number of piperidine rings is 1. The maximum Gasteiger partial charge on any atom is 0.324 e. The van der Waals surface area contributed by atoms with E-state index in [9.17, 15) is 9.59 Å². The maximum absolute atomic E-state index is 12.1. The molecule has 1 aromatic carbocycles. The molecule has 0 radical (unpaired) electrons. The Kier molecular flexibility index (Phi) is 2.83. The van der Waals surface area contributed by atoms with Crippen LogP contribution >= 0.6 is 0 Å².